The third-order valence-electron chi connectivity index (χ3n) is 5.96. The standard InChI is InChI=1S/C27H29N3O6/c1-17(31)28-15-19-8-6-7-9-21(19)30-23-14-20(33-2)10-11-22(23)29(27(30)32)16-18-12-24(34-3)26(36-5)25(13-18)35-4/h6-14H,15-16H2,1-5H3,(H,28,31). The Hall–Kier alpha value is -4.40. The minimum absolute atomic E-state index is 0.149. The number of carbonyl (C=O) groups is 1. The van der Waals surface area contributed by atoms with Gasteiger partial charge in [0.15, 0.2) is 11.5 Å². The van der Waals surface area contributed by atoms with Crippen molar-refractivity contribution in [2.45, 2.75) is 20.0 Å². The Balaban J connectivity index is 1.92. The zero-order chi connectivity index (χ0) is 25.8. The third kappa shape index (κ3) is 4.59. The quantitative estimate of drug-likeness (QED) is 0.385. The van der Waals surface area contributed by atoms with Crippen LogP contribution in [0.2, 0.25) is 0 Å². The number of rotatable bonds is 9. The van der Waals surface area contributed by atoms with Gasteiger partial charge >= 0.3 is 5.69 Å². The fourth-order valence-corrected chi connectivity index (χ4v) is 4.26. The van der Waals surface area contributed by atoms with Crippen molar-refractivity contribution in [1.29, 1.82) is 0 Å². The summed E-state index contributed by atoms with van der Waals surface area (Å²) in [5.41, 5.74) is 3.46. The number of hydrogen-bond donors (Lipinski definition) is 1. The number of nitrogens with one attached hydrogen (secondary N) is 1. The number of benzene rings is 3. The zero-order valence-corrected chi connectivity index (χ0v) is 21.0. The van der Waals surface area contributed by atoms with E-state index in [2.05, 4.69) is 5.32 Å². The summed E-state index contributed by atoms with van der Waals surface area (Å²) >= 11 is 0. The predicted octanol–water partition coefficient (Wildman–Crippen LogP) is 3.51. The van der Waals surface area contributed by atoms with Gasteiger partial charge in [0, 0.05) is 19.5 Å². The number of carbonyl (C=O) groups excluding carboxylic acids is 1. The minimum atomic E-state index is -0.234. The first-order valence-corrected chi connectivity index (χ1v) is 11.3. The maximum absolute atomic E-state index is 13.9. The lowest BCUT2D eigenvalue weighted by Gasteiger charge is -2.14. The molecular weight excluding hydrogens is 462 g/mol. The van der Waals surface area contributed by atoms with Crippen molar-refractivity contribution < 1.29 is 23.7 Å². The highest BCUT2D eigenvalue weighted by Crippen LogP contribution is 2.38. The number of amides is 1. The Kier molecular flexibility index (Phi) is 7.19. The van der Waals surface area contributed by atoms with Gasteiger partial charge in [-0.05, 0) is 41.5 Å². The Morgan fingerprint density at radius 3 is 2.17 bits per heavy atom. The summed E-state index contributed by atoms with van der Waals surface area (Å²) in [5, 5.41) is 2.82. The van der Waals surface area contributed by atoms with E-state index in [-0.39, 0.29) is 18.1 Å². The first-order valence-electron chi connectivity index (χ1n) is 11.3. The maximum atomic E-state index is 13.9. The molecule has 0 aliphatic rings. The van der Waals surface area contributed by atoms with Crippen LogP contribution in [0.15, 0.2) is 59.4 Å². The average Bonchev–Trinajstić information content (AvgIpc) is 3.16. The summed E-state index contributed by atoms with van der Waals surface area (Å²) in [6.45, 7) is 2.02. The van der Waals surface area contributed by atoms with Gasteiger partial charge in [-0.1, -0.05) is 18.2 Å². The molecule has 0 bridgehead atoms. The van der Waals surface area contributed by atoms with Crippen LogP contribution >= 0.6 is 0 Å². The number of para-hydroxylation sites is 1. The Bertz CT molecular complexity index is 1450. The number of ether oxygens (including phenoxy) is 4. The molecule has 36 heavy (non-hydrogen) atoms. The number of aromatic nitrogens is 2. The van der Waals surface area contributed by atoms with Gasteiger partial charge in [0.2, 0.25) is 11.7 Å². The zero-order valence-electron chi connectivity index (χ0n) is 21.0. The van der Waals surface area contributed by atoms with Crippen LogP contribution in [0.4, 0.5) is 0 Å². The first kappa shape index (κ1) is 24.7. The maximum Gasteiger partial charge on any atom is 0.334 e. The van der Waals surface area contributed by atoms with E-state index in [4.69, 9.17) is 18.9 Å². The van der Waals surface area contributed by atoms with E-state index in [9.17, 15) is 9.59 Å². The number of imidazole rings is 1. The molecule has 4 aromatic rings. The van der Waals surface area contributed by atoms with E-state index in [1.54, 1.807) is 37.6 Å². The highest BCUT2D eigenvalue weighted by atomic mass is 16.5. The molecule has 1 N–H and O–H groups in total. The second-order valence-electron chi connectivity index (χ2n) is 8.13. The van der Waals surface area contributed by atoms with Crippen molar-refractivity contribution in [3.63, 3.8) is 0 Å². The van der Waals surface area contributed by atoms with Crippen LogP contribution in [-0.4, -0.2) is 43.5 Å². The van der Waals surface area contributed by atoms with Gasteiger partial charge in [-0.3, -0.25) is 13.9 Å². The van der Waals surface area contributed by atoms with Crippen molar-refractivity contribution in [3.8, 4) is 28.7 Å². The molecule has 1 amide bonds. The molecule has 0 spiro atoms. The van der Waals surface area contributed by atoms with Crippen LogP contribution in [0.1, 0.15) is 18.1 Å². The lowest BCUT2D eigenvalue weighted by molar-refractivity contribution is -0.119. The van der Waals surface area contributed by atoms with Crippen molar-refractivity contribution in [2.24, 2.45) is 0 Å². The van der Waals surface area contributed by atoms with Crippen molar-refractivity contribution >= 4 is 16.9 Å². The van der Waals surface area contributed by atoms with E-state index in [1.807, 2.05) is 54.6 Å². The molecular formula is C27H29N3O6. The molecule has 3 aromatic carbocycles. The second kappa shape index (κ2) is 10.5. The Morgan fingerprint density at radius 1 is 0.861 bits per heavy atom. The summed E-state index contributed by atoms with van der Waals surface area (Å²) in [4.78, 5) is 25.5. The highest BCUT2D eigenvalue weighted by Gasteiger charge is 2.20. The van der Waals surface area contributed by atoms with E-state index in [1.165, 1.54) is 6.92 Å². The minimum Gasteiger partial charge on any atom is -0.497 e. The largest absolute Gasteiger partial charge is 0.497 e. The summed E-state index contributed by atoms with van der Waals surface area (Å²) in [5.74, 6) is 1.97. The van der Waals surface area contributed by atoms with Crippen LogP contribution in [-0.2, 0) is 17.9 Å². The molecule has 0 unspecified atom stereocenters. The summed E-state index contributed by atoms with van der Waals surface area (Å²) in [7, 11) is 6.24. The summed E-state index contributed by atoms with van der Waals surface area (Å²) in [6, 6.07) is 16.7. The molecule has 0 aliphatic heterocycles. The smallest absolute Gasteiger partial charge is 0.334 e. The fraction of sp³-hybridized carbons (Fsp3) is 0.259. The lowest BCUT2D eigenvalue weighted by Crippen LogP contribution is -2.26. The Labute approximate surface area is 208 Å². The normalized spacial score (nSPS) is 10.8. The molecule has 0 radical (unpaired) electrons. The lowest BCUT2D eigenvalue weighted by atomic mass is 10.1. The van der Waals surface area contributed by atoms with E-state index >= 15 is 0 Å². The second-order valence-corrected chi connectivity index (χ2v) is 8.13. The van der Waals surface area contributed by atoms with Crippen LogP contribution in [0.25, 0.3) is 16.7 Å². The van der Waals surface area contributed by atoms with Crippen molar-refractivity contribution in [2.75, 3.05) is 28.4 Å². The van der Waals surface area contributed by atoms with Gasteiger partial charge in [-0.15, -0.1) is 0 Å². The SMILES string of the molecule is COc1ccc2c(c1)n(-c1ccccc1CNC(C)=O)c(=O)n2Cc1cc(OC)c(OC)c(OC)c1. The van der Waals surface area contributed by atoms with Gasteiger partial charge in [0.1, 0.15) is 5.75 Å². The van der Waals surface area contributed by atoms with E-state index in [0.29, 0.717) is 40.7 Å². The molecule has 0 saturated heterocycles. The number of hydrogen-bond acceptors (Lipinski definition) is 6. The molecule has 9 nitrogen and oxygen atoms in total. The molecule has 0 fully saturated rings. The molecule has 4 rings (SSSR count). The van der Waals surface area contributed by atoms with Gasteiger partial charge in [-0.25, -0.2) is 4.79 Å². The van der Waals surface area contributed by atoms with Crippen LogP contribution in [0.3, 0.4) is 0 Å². The van der Waals surface area contributed by atoms with Crippen LogP contribution in [0, 0.1) is 0 Å². The monoisotopic (exact) mass is 491 g/mol. The van der Waals surface area contributed by atoms with E-state index in [0.717, 1.165) is 16.6 Å². The molecule has 1 heterocycles. The summed E-state index contributed by atoms with van der Waals surface area (Å²) < 4.78 is 25.2. The fourth-order valence-electron chi connectivity index (χ4n) is 4.26. The Morgan fingerprint density at radius 2 is 1.56 bits per heavy atom. The molecule has 9 heteroatoms. The van der Waals surface area contributed by atoms with Gasteiger partial charge in [-0.2, -0.15) is 0 Å². The summed E-state index contributed by atoms with van der Waals surface area (Å²) in [6.07, 6.45) is 0. The van der Waals surface area contributed by atoms with Gasteiger partial charge in [0.05, 0.1) is 51.7 Å². The molecule has 188 valence electrons. The van der Waals surface area contributed by atoms with Crippen molar-refractivity contribution in [1.82, 2.24) is 14.5 Å². The highest BCUT2D eigenvalue weighted by molar-refractivity contribution is 5.80. The van der Waals surface area contributed by atoms with Crippen molar-refractivity contribution in [3.05, 3.63) is 76.2 Å². The van der Waals surface area contributed by atoms with Crippen LogP contribution in [0.5, 0.6) is 23.0 Å². The number of fused-ring (bicyclic) bond motifs is 1. The molecule has 0 atom stereocenters. The topological polar surface area (TPSA) is 93.0 Å². The average molecular weight is 492 g/mol. The molecule has 0 aliphatic carbocycles. The van der Waals surface area contributed by atoms with Crippen LogP contribution < -0.4 is 30.0 Å². The predicted molar refractivity (Wildman–Crippen MR) is 137 cm³/mol. The third-order valence-corrected chi connectivity index (χ3v) is 5.96. The molecule has 0 saturated carbocycles. The van der Waals surface area contributed by atoms with Gasteiger partial charge in [0.25, 0.3) is 0 Å². The number of nitrogens with zero attached hydrogens (tertiary/aromatic N) is 2. The molecule has 1 aromatic heterocycles. The first-order chi connectivity index (χ1) is 17.4. The van der Waals surface area contributed by atoms with E-state index < -0.39 is 0 Å². The van der Waals surface area contributed by atoms with Gasteiger partial charge < -0.3 is 24.3 Å². The number of methoxy groups -OCH3 is 4.